The van der Waals surface area contributed by atoms with Crippen LogP contribution in [0.2, 0.25) is 0 Å². The lowest BCUT2D eigenvalue weighted by Gasteiger charge is -2.15. The molecule has 2 rings (SSSR count). The minimum absolute atomic E-state index is 0.0495. The number of hydrogen-bond acceptors (Lipinski definition) is 3. The number of aliphatic hydroxyl groups excluding tert-OH is 1. The van der Waals surface area contributed by atoms with Crippen LogP contribution in [0.5, 0.6) is 5.75 Å². The molecule has 0 saturated carbocycles. The number of ether oxygens (including phenoxy) is 1. The third-order valence-electron chi connectivity index (χ3n) is 3.29. The summed E-state index contributed by atoms with van der Waals surface area (Å²) in [4.78, 5) is 11.5. The molecule has 3 nitrogen and oxygen atoms in total. The number of aryl methyl sites for hydroxylation is 2. The number of rotatable bonds is 5. The van der Waals surface area contributed by atoms with E-state index < -0.39 is 6.10 Å². The van der Waals surface area contributed by atoms with Gasteiger partial charge in [0.2, 0.25) is 0 Å². The van der Waals surface area contributed by atoms with E-state index in [0.717, 1.165) is 16.7 Å². The highest BCUT2D eigenvalue weighted by Gasteiger charge is 2.12. The molecule has 0 heterocycles. The van der Waals surface area contributed by atoms with E-state index in [4.69, 9.17) is 4.74 Å². The van der Waals surface area contributed by atoms with Gasteiger partial charge < -0.3 is 9.84 Å². The first-order valence-electron chi connectivity index (χ1n) is 6.96. The Kier molecular flexibility index (Phi) is 4.76. The molecule has 110 valence electrons. The standard InChI is InChI=1S/C18H20O3/c1-12-8-13(2)10-15(9-12)17(20)11-21-18-7-5-4-6-16(18)14(3)19/h4-10,17,20H,11H2,1-3H3. The normalized spacial score (nSPS) is 12.0. The highest BCUT2D eigenvalue weighted by Crippen LogP contribution is 2.22. The van der Waals surface area contributed by atoms with Gasteiger partial charge in [-0.25, -0.2) is 0 Å². The summed E-state index contributed by atoms with van der Waals surface area (Å²) in [6.07, 6.45) is -0.719. The van der Waals surface area contributed by atoms with Gasteiger partial charge in [0.1, 0.15) is 18.5 Å². The zero-order chi connectivity index (χ0) is 15.4. The first kappa shape index (κ1) is 15.3. The Bertz CT molecular complexity index is 626. The summed E-state index contributed by atoms with van der Waals surface area (Å²) in [7, 11) is 0. The van der Waals surface area contributed by atoms with E-state index in [2.05, 4.69) is 6.07 Å². The molecule has 2 aromatic carbocycles. The predicted molar refractivity (Wildman–Crippen MR) is 82.8 cm³/mol. The molecule has 1 atom stereocenters. The van der Waals surface area contributed by atoms with Crippen LogP contribution in [0, 0.1) is 13.8 Å². The van der Waals surface area contributed by atoms with Crippen LogP contribution < -0.4 is 4.74 Å². The van der Waals surface area contributed by atoms with Crippen molar-refractivity contribution in [3.05, 3.63) is 64.7 Å². The van der Waals surface area contributed by atoms with Crippen molar-refractivity contribution in [1.82, 2.24) is 0 Å². The van der Waals surface area contributed by atoms with E-state index in [9.17, 15) is 9.90 Å². The number of hydrogen-bond donors (Lipinski definition) is 1. The highest BCUT2D eigenvalue weighted by molar-refractivity contribution is 5.96. The Morgan fingerprint density at radius 2 is 1.76 bits per heavy atom. The van der Waals surface area contributed by atoms with Crippen molar-refractivity contribution in [2.24, 2.45) is 0 Å². The molecular formula is C18H20O3. The van der Waals surface area contributed by atoms with Gasteiger partial charge in [-0.2, -0.15) is 0 Å². The molecule has 21 heavy (non-hydrogen) atoms. The van der Waals surface area contributed by atoms with Crippen molar-refractivity contribution >= 4 is 5.78 Å². The van der Waals surface area contributed by atoms with Gasteiger partial charge in [-0.15, -0.1) is 0 Å². The molecule has 0 bridgehead atoms. The molecule has 0 amide bonds. The fourth-order valence-electron chi connectivity index (χ4n) is 2.35. The van der Waals surface area contributed by atoms with E-state index in [0.29, 0.717) is 11.3 Å². The Labute approximate surface area is 125 Å². The third-order valence-corrected chi connectivity index (χ3v) is 3.29. The Hall–Kier alpha value is -2.13. The van der Waals surface area contributed by atoms with Crippen molar-refractivity contribution in [3.63, 3.8) is 0 Å². The third kappa shape index (κ3) is 3.92. The number of para-hydroxylation sites is 1. The molecule has 0 saturated heterocycles. The molecule has 1 unspecified atom stereocenters. The van der Waals surface area contributed by atoms with Crippen LogP contribution in [0.3, 0.4) is 0 Å². The van der Waals surface area contributed by atoms with Crippen molar-refractivity contribution < 1.29 is 14.6 Å². The number of Topliss-reactive ketones (excluding diaryl/α,β-unsaturated/α-hetero) is 1. The van der Waals surface area contributed by atoms with Crippen LogP contribution in [0.25, 0.3) is 0 Å². The predicted octanol–water partition coefficient (Wildman–Crippen LogP) is 3.62. The fraction of sp³-hybridized carbons (Fsp3) is 0.278. The van der Waals surface area contributed by atoms with Crippen molar-refractivity contribution in [2.45, 2.75) is 26.9 Å². The number of benzene rings is 2. The van der Waals surface area contributed by atoms with E-state index in [-0.39, 0.29) is 12.4 Å². The second-order valence-electron chi connectivity index (χ2n) is 5.30. The second-order valence-corrected chi connectivity index (χ2v) is 5.30. The molecule has 0 spiro atoms. The van der Waals surface area contributed by atoms with Crippen LogP contribution in [0.1, 0.15) is 40.1 Å². The maximum absolute atomic E-state index is 11.5. The van der Waals surface area contributed by atoms with Gasteiger partial charge in [0.05, 0.1) is 5.56 Å². The van der Waals surface area contributed by atoms with Crippen molar-refractivity contribution in [2.75, 3.05) is 6.61 Å². The topological polar surface area (TPSA) is 46.5 Å². The van der Waals surface area contributed by atoms with Gasteiger partial charge >= 0.3 is 0 Å². The van der Waals surface area contributed by atoms with Gasteiger partial charge in [0, 0.05) is 0 Å². The molecular weight excluding hydrogens is 264 g/mol. The number of aliphatic hydroxyl groups is 1. The van der Waals surface area contributed by atoms with Gasteiger partial charge in [-0.1, -0.05) is 41.5 Å². The summed E-state index contributed by atoms with van der Waals surface area (Å²) in [6, 6.07) is 13.0. The highest BCUT2D eigenvalue weighted by atomic mass is 16.5. The monoisotopic (exact) mass is 284 g/mol. The SMILES string of the molecule is CC(=O)c1ccccc1OCC(O)c1cc(C)cc(C)c1. The molecule has 0 fully saturated rings. The summed E-state index contributed by atoms with van der Waals surface area (Å²) in [5.74, 6) is 0.458. The average molecular weight is 284 g/mol. The maximum Gasteiger partial charge on any atom is 0.163 e. The molecule has 0 aromatic heterocycles. The van der Waals surface area contributed by atoms with Crippen LogP contribution in [0.4, 0.5) is 0 Å². The zero-order valence-electron chi connectivity index (χ0n) is 12.6. The minimum Gasteiger partial charge on any atom is -0.490 e. The van der Waals surface area contributed by atoms with Gasteiger partial charge in [-0.3, -0.25) is 4.79 Å². The first-order chi connectivity index (χ1) is 9.97. The van der Waals surface area contributed by atoms with E-state index >= 15 is 0 Å². The molecule has 0 aliphatic rings. The van der Waals surface area contributed by atoms with Gasteiger partial charge in [0.25, 0.3) is 0 Å². The van der Waals surface area contributed by atoms with Gasteiger partial charge in [0.15, 0.2) is 5.78 Å². The molecule has 0 aliphatic carbocycles. The smallest absolute Gasteiger partial charge is 0.163 e. The quantitative estimate of drug-likeness (QED) is 0.853. The molecule has 1 N–H and O–H groups in total. The summed E-state index contributed by atoms with van der Waals surface area (Å²) in [6.45, 7) is 5.61. The summed E-state index contributed by atoms with van der Waals surface area (Å²) >= 11 is 0. The van der Waals surface area contributed by atoms with E-state index in [1.165, 1.54) is 6.92 Å². The fourth-order valence-corrected chi connectivity index (χ4v) is 2.35. The number of ketones is 1. The Morgan fingerprint density at radius 1 is 1.14 bits per heavy atom. The molecule has 0 aliphatic heterocycles. The second kappa shape index (κ2) is 6.55. The number of carbonyl (C=O) groups is 1. The average Bonchev–Trinajstić information content (AvgIpc) is 2.43. The van der Waals surface area contributed by atoms with Crippen LogP contribution >= 0.6 is 0 Å². The van der Waals surface area contributed by atoms with Crippen LogP contribution in [0.15, 0.2) is 42.5 Å². The minimum atomic E-state index is -0.719. The zero-order valence-corrected chi connectivity index (χ0v) is 12.6. The van der Waals surface area contributed by atoms with E-state index in [1.807, 2.05) is 32.0 Å². The van der Waals surface area contributed by atoms with Crippen molar-refractivity contribution in [3.8, 4) is 5.75 Å². The Morgan fingerprint density at radius 3 is 2.38 bits per heavy atom. The molecule has 3 heteroatoms. The lowest BCUT2D eigenvalue weighted by molar-refractivity contribution is 0.0977. The lowest BCUT2D eigenvalue weighted by Crippen LogP contribution is -2.11. The molecule has 2 aromatic rings. The molecule has 0 radical (unpaired) electrons. The summed E-state index contributed by atoms with van der Waals surface area (Å²) < 4.78 is 5.62. The lowest BCUT2D eigenvalue weighted by atomic mass is 10.0. The summed E-state index contributed by atoms with van der Waals surface area (Å²) in [5, 5.41) is 10.3. The van der Waals surface area contributed by atoms with Crippen molar-refractivity contribution in [1.29, 1.82) is 0 Å². The van der Waals surface area contributed by atoms with Gasteiger partial charge in [-0.05, 0) is 38.5 Å². The van der Waals surface area contributed by atoms with Crippen LogP contribution in [-0.4, -0.2) is 17.5 Å². The Balaban J connectivity index is 2.11. The first-order valence-corrected chi connectivity index (χ1v) is 6.96. The summed E-state index contributed by atoms with van der Waals surface area (Å²) in [5.41, 5.74) is 3.57. The maximum atomic E-state index is 11.5. The van der Waals surface area contributed by atoms with E-state index in [1.54, 1.807) is 18.2 Å². The number of carbonyl (C=O) groups excluding carboxylic acids is 1. The van der Waals surface area contributed by atoms with Crippen LogP contribution in [-0.2, 0) is 0 Å². The largest absolute Gasteiger partial charge is 0.490 e.